The van der Waals surface area contributed by atoms with Gasteiger partial charge in [0.2, 0.25) is 0 Å². The van der Waals surface area contributed by atoms with Gasteiger partial charge >= 0.3 is 0 Å². The summed E-state index contributed by atoms with van der Waals surface area (Å²) in [7, 11) is 0. The summed E-state index contributed by atoms with van der Waals surface area (Å²) in [5.74, 6) is -1.05. The average molecular weight is 514 g/mol. The first kappa shape index (κ1) is 26.5. The zero-order valence-electron chi connectivity index (χ0n) is 20.4. The Labute approximate surface area is 227 Å². The minimum atomic E-state index is -1.60. The molecular weight excluding hydrogens is 484 g/mol. The van der Waals surface area contributed by atoms with Gasteiger partial charge in [0.05, 0.1) is 0 Å². The van der Waals surface area contributed by atoms with E-state index in [2.05, 4.69) is 0 Å². The van der Waals surface area contributed by atoms with E-state index in [0.29, 0.717) is 22.3 Å². The Bertz CT molecular complexity index is 1070. The van der Waals surface area contributed by atoms with Crippen molar-refractivity contribution < 1.29 is 41.4 Å². The topological polar surface area (TPSA) is 58.9 Å². The SMILES string of the molecule is CC1(C)OC(C(O)(c2ccccc2)c2ccccc2)C(C(O)(c2ccccc2)c2ccccc2)O1.[Ti]. The van der Waals surface area contributed by atoms with E-state index in [-0.39, 0.29) is 21.7 Å². The van der Waals surface area contributed by atoms with Crippen molar-refractivity contribution in [3.63, 3.8) is 0 Å². The molecule has 4 aromatic rings. The van der Waals surface area contributed by atoms with Crippen LogP contribution in [0.2, 0.25) is 0 Å². The van der Waals surface area contributed by atoms with Crippen molar-refractivity contribution in [1.82, 2.24) is 0 Å². The van der Waals surface area contributed by atoms with Gasteiger partial charge in [-0.05, 0) is 36.1 Å². The molecule has 1 fully saturated rings. The van der Waals surface area contributed by atoms with Gasteiger partial charge in [0.1, 0.15) is 23.4 Å². The van der Waals surface area contributed by atoms with E-state index in [1.54, 1.807) is 0 Å². The molecule has 2 unspecified atom stereocenters. The first-order valence-electron chi connectivity index (χ1n) is 11.9. The predicted molar refractivity (Wildman–Crippen MR) is 136 cm³/mol. The molecule has 4 nitrogen and oxygen atoms in total. The molecule has 0 aromatic heterocycles. The molecule has 0 bridgehead atoms. The van der Waals surface area contributed by atoms with Crippen LogP contribution in [-0.4, -0.2) is 28.2 Å². The summed E-state index contributed by atoms with van der Waals surface area (Å²) in [5.41, 5.74) is -0.564. The standard InChI is InChI=1S/C31H30O4.Ti/c1-29(2)34-27(30(32,23-15-7-3-8-16-23)24-17-9-4-10-18-24)28(35-29)31(33,25-19-11-5-12-20-25)26-21-13-6-14-22-26;/h3-22,27-28,32-33H,1-2H3;. The van der Waals surface area contributed by atoms with Crippen molar-refractivity contribution in [3.05, 3.63) is 144 Å². The molecule has 182 valence electrons. The number of hydrogen-bond acceptors (Lipinski definition) is 4. The molecule has 2 N–H and O–H groups in total. The summed E-state index contributed by atoms with van der Waals surface area (Å²) in [6.07, 6.45) is -1.87. The van der Waals surface area contributed by atoms with Crippen LogP contribution in [0, 0.1) is 0 Å². The third-order valence-corrected chi connectivity index (χ3v) is 6.78. The first-order chi connectivity index (χ1) is 16.9. The zero-order chi connectivity index (χ0) is 24.5. The maximum Gasteiger partial charge on any atom is 0.164 e. The second-order valence-electron chi connectivity index (χ2n) is 9.47. The minimum Gasteiger partial charge on any atom is -0.378 e. The summed E-state index contributed by atoms with van der Waals surface area (Å²) in [6.45, 7) is 3.62. The molecule has 2 atom stereocenters. The van der Waals surface area contributed by atoms with Crippen LogP contribution in [0.5, 0.6) is 0 Å². The van der Waals surface area contributed by atoms with Crippen LogP contribution in [0.1, 0.15) is 36.1 Å². The largest absolute Gasteiger partial charge is 0.378 e. The third-order valence-electron chi connectivity index (χ3n) is 6.78. The molecule has 0 saturated carbocycles. The summed E-state index contributed by atoms with van der Waals surface area (Å²) in [6, 6.07) is 37.8. The van der Waals surface area contributed by atoms with Crippen molar-refractivity contribution in [3.8, 4) is 0 Å². The van der Waals surface area contributed by atoms with Gasteiger partial charge < -0.3 is 19.7 Å². The van der Waals surface area contributed by atoms with Crippen molar-refractivity contribution in [1.29, 1.82) is 0 Å². The molecule has 1 saturated heterocycles. The van der Waals surface area contributed by atoms with Crippen LogP contribution in [0.15, 0.2) is 121 Å². The Kier molecular flexibility index (Phi) is 7.68. The smallest absolute Gasteiger partial charge is 0.164 e. The van der Waals surface area contributed by atoms with E-state index in [1.165, 1.54) is 0 Å². The second kappa shape index (κ2) is 10.4. The van der Waals surface area contributed by atoms with Gasteiger partial charge in [0.15, 0.2) is 5.79 Å². The Morgan fingerprint density at radius 3 is 0.944 bits per heavy atom. The van der Waals surface area contributed by atoms with Crippen LogP contribution in [0.3, 0.4) is 0 Å². The van der Waals surface area contributed by atoms with Crippen LogP contribution >= 0.6 is 0 Å². The van der Waals surface area contributed by atoms with Crippen LogP contribution in [-0.2, 0) is 42.4 Å². The number of aliphatic hydroxyl groups is 2. The molecule has 4 aromatic carbocycles. The summed E-state index contributed by atoms with van der Waals surface area (Å²) in [5, 5.41) is 25.2. The van der Waals surface area contributed by atoms with Crippen LogP contribution in [0.25, 0.3) is 0 Å². The Morgan fingerprint density at radius 1 is 0.500 bits per heavy atom. The van der Waals surface area contributed by atoms with E-state index >= 15 is 0 Å². The van der Waals surface area contributed by atoms with Gasteiger partial charge in [-0.1, -0.05) is 121 Å². The summed E-state index contributed by atoms with van der Waals surface area (Å²) < 4.78 is 13.0. The first-order valence-corrected chi connectivity index (χ1v) is 11.9. The predicted octanol–water partition coefficient (Wildman–Crippen LogP) is 5.38. The van der Waals surface area contributed by atoms with Crippen molar-refractivity contribution >= 4 is 0 Å². The van der Waals surface area contributed by atoms with Gasteiger partial charge in [-0.25, -0.2) is 0 Å². The fourth-order valence-electron chi connectivity index (χ4n) is 5.13. The van der Waals surface area contributed by atoms with E-state index in [1.807, 2.05) is 135 Å². The molecule has 5 heteroatoms. The molecule has 5 rings (SSSR count). The number of ether oxygens (including phenoxy) is 2. The van der Waals surface area contributed by atoms with Crippen molar-refractivity contribution in [2.75, 3.05) is 0 Å². The Morgan fingerprint density at radius 2 is 0.722 bits per heavy atom. The maximum absolute atomic E-state index is 12.6. The van der Waals surface area contributed by atoms with E-state index in [0.717, 1.165) is 0 Å². The van der Waals surface area contributed by atoms with E-state index in [9.17, 15) is 10.2 Å². The number of benzene rings is 4. The molecule has 1 heterocycles. The molecule has 0 aliphatic carbocycles. The molecular formula is C31H30O4Ti. The van der Waals surface area contributed by atoms with E-state index in [4.69, 9.17) is 9.47 Å². The Balaban J connectivity index is 0.00000304. The van der Waals surface area contributed by atoms with Gasteiger partial charge in [-0.15, -0.1) is 0 Å². The van der Waals surface area contributed by atoms with E-state index < -0.39 is 29.2 Å². The average Bonchev–Trinajstić information content (AvgIpc) is 3.26. The number of rotatable bonds is 6. The van der Waals surface area contributed by atoms with Gasteiger partial charge in [0, 0.05) is 21.7 Å². The fourth-order valence-corrected chi connectivity index (χ4v) is 5.13. The maximum atomic E-state index is 12.6. The molecule has 1 aliphatic heterocycles. The molecule has 36 heavy (non-hydrogen) atoms. The second-order valence-corrected chi connectivity index (χ2v) is 9.47. The van der Waals surface area contributed by atoms with Gasteiger partial charge in [-0.2, -0.15) is 0 Å². The molecule has 0 radical (unpaired) electrons. The van der Waals surface area contributed by atoms with Crippen molar-refractivity contribution in [2.24, 2.45) is 0 Å². The zero-order valence-corrected chi connectivity index (χ0v) is 22.0. The normalized spacial score (nSPS) is 19.4. The molecule has 0 spiro atoms. The summed E-state index contributed by atoms with van der Waals surface area (Å²) in [4.78, 5) is 0. The van der Waals surface area contributed by atoms with Crippen molar-refractivity contribution in [2.45, 2.75) is 43.0 Å². The quantitative estimate of drug-likeness (QED) is 0.340. The number of hydrogen-bond donors (Lipinski definition) is 2. The fraction of sp³-hybridized carbons (Fsp3) is 0.226. The van der Waals surface area contributed by atoms with Crippen LogP contribution < -0.4 is 0 Å². The van der Waals surface area contributed by atoms with Crippen LogP contribution in [0.4, 0.5) is 0 Å². The van der Waals surface area contributed by atoms with Gasteiger partial charge in [0.25, 0.3) is 0 Å². The Hall–Kier alpha value is -2.57. The molecule has 0 amide bonds. The summed E-state index contributed by atoms with van der Waals surface area (Å²) >= 11 is 0. The third kappa shape index (κ3) is 4.61. The van der Waals surface area contributed by atoms with Gasteiger partial charge in [-0.3, -0.25) is 0 Å². The minimum absolute atomic E-state index is 0. The molecule has 1 aliphatic rings. The monoisotopic (exact) mass is 514 g/mol.